The van der Waals surface area contributed by atoms with Gasteiger partial charge >= 0.3 is 0 Å². The number of nitrogens with one attached hydrogen (secondary N) is 1. The number of methoxy groups -OCH3 is 1. The molecule has 0 bridgehead atoms. The maximum Gasteiger partial charge on any atom is 0.156 e. The van der Waals surface area contributed by atoms with Crippen LogP contribution in [-0.4, -0.2) is 50.1 Å². The van der Waals surface area contributed by atoms with Crippen LogP contribution in [0.5, 0.6) is 5.75 Å². The molecule has 0 amide bonds. The number of hydrogen-bond acceptors (Lipinski definition) is 5. The fraction of sp³-hybridized carbons (Fsp3) is 0.562. The summed E-state index contributed by atoms with van der Waals surface area (Å²) in [7, 11) is 5.91. The molecule has 1 aliphatic rings. The van der Waals surface area contributed by atoms with Crippen molar-refractivity contribution in [3.63, 3.8) is 0 Å². The van der Waals surface area contributed by atoms with E-state index in [4.69, 9.17) is 4.74 Å². The van der Waals surface area contributed by atoms with Crippen molar-refractivity contribution in [1.29, 1.82) is 0 Å². The van der Waals surface area contributed by atoms with E-state index in [2.05, 4.69) is 48.4 Å². The van der Waals surface area contributed by atoms with Gasteiger partial charge in [0.1, 0.15) is 5.75 Å². The van der Waals surface area contributed by atoms with Crippen LogP contribution in [-0.2, 0) is 0 Å². The van der Waals surface area contributed by atoms with Gasteiger partial charge in [-0.25, -0.2) is 0 Å². The third-order valence-corrected chi connectivity index (χ3v) is 4.88. The summed E-state index contributed by atoms with van der Waals surface area (Å²) in [6.45, 7) is 4.02. The third kappa shape index (κ3) is 4.64. The summed E-state index contributed by atoms with van der Waals surface area (Å²) in [5, 5.41) is 4.56. The van der Waals surface area contributed by atoms with Crippen molar-refractivity contribution in [2.75, 3.05) is 40.0 Å². The standard InChI is InChI=1S/C16H25N3OS/c1-12-9-17-16(21-11-12)18-10-15(19(2)3)13-6-5-7-14(8-13)20-4/h5-8,12,15H,9-11H2,1-4H3,(H,17,18). The zero-order chi connectivity index (χ0) is 15.2. The van der Waals surface area contributed by atoms with Crippen LogP contribution in [0.15, 0.2) is 29.3 Å². The molecule has 2 unspecified atom stereocenters. The van der Waals surface area contributed by atoms with Crippen LogP contribution in [0.3, 0.4) is 0 Å². The molecule has 1 heterocycles. The topological polar surface area (TPSA) is 36.9 Å². The monoisotopic (exact) mass is 307 g/mol. The van der Waals surface area contributed by atoms with Gasteiger partial charge in [-0.05, 0) is 37.7 Å². The van der Waals surface area contributed by atoms with E-state index in [-0.39, 0.29) is 0 Å². The molecule has 1 aromatic carbocycles. The second-order valence-electron chi connectivity index (χ2n) is 5.70. The number of benzene rings is 1. The van der Waals surface area contributed by atoms with E-state index in [9.17, 15) is 0 Å². The Morgan fingerprint density at radius 2 is 2.29 bits per heavy atom. The highest BCUT2D eigenvalue weighted by Crippen LogP contribution is 2.23. The van der Waals surface area contributed by atoms with Crippen LogP contribution < -0.4 is 10.1 Å². The number of nitrogens with zero attached hydrogens (tertiary/aromatic N) is 2. The van der Waals surface area contributed by atoms with E-state index in [1.165, 1.54) is 5.56 Å². The van der Waals surface area contributed by atoms with E-state index in [1.807, 2.05) is 23.9 Å². The Labute approximate surface area is 132 Å². The van der Waals surface area contributed by atoms with E-state index in [0.29, 0.717) is 12.0 Å². The Kier molecular flexibility index (Phi) is 5.94. The van der Waals surface area contributed by atoms with E-state index in [0.717, 1.165) is 29.8 Å². The molecule has 21 heavy (non-hydrogen) atoms. The Balaban J connectivity index is 2.02. The summed E-state index contributed by atoms with van der Waals surface area (Å²) >= 11 is 1.82. The molecule has 2 atom stereocenters. The molecule has 0 spiro atoms. The molecule has 2 rings (SSSR count). The zero-order valence-electron chi connectivity index (χ0n) is 13.3. The second kappa shape index (κ2) is 7.71. The zero-order valence-corrected chi connectivity index (χ0v) is 14.1. The number of thioether (sulfide) groups is 1. The van der Waals surface area contributed by atoms with Crippen molar-refractivity contribution in [2.45, 2.75) is 13.0 Å². The van der Waals surface area contributed by atoms with Gasteiger partial charge < -0.3 is 15.0 Å². The maximum atomic E-state index is 5.32. The highest BCUT2D eigenvalue weighted by molar-refractivity contribution is 8.13. The normalized spacial score (nSPS) is 20.0. The van der Waals surface area contributed by atoms with Crippen LogP contribution in [0.25, 0.3) is 0 Å². The number of hydrogen-bond donors (Lipinski definition) is 1. The van der Waals surface area contributed by atoms with Crippen LogP contribution in [0, 0.1) is 5.92 Å². The predicted molar refractivity (Wildman–Crippen MR) is 91.3 cm³/mol. The smallest absolute Gasteiger partial charge is 0.156 e. The average molecular weight is 307 g/mol. The largest absolute Gasteiger partial charge is 0.497 e. The predicted octanol–water partition coefficient (Wildman–Crippen LogP) is 2.63. The quantitative estimate of drug-likeness (QED) is 0.907. The molecule has 0 radical (unpaired) electrons. The van der Waals surface area contributed by atoms with Crippen molar-refractivity contribution >= 4 is 16.9 Å². The molecule has 0 aromatic heterocycles. The van der Waals surface area contributed by atoms with E-state index in [1.54, 1.807) is 7.11 Å². The van der Waals surface area contributed by atoms with Gasteiger partial charge in [-0.3, -0.25) is 4.99 Å². The lowest BCUT2D eigenvalue weighted by Crippen LogP contribution is -2.35. The molecular formula is C16H25N3OS. The van der Waals surface area contributed by atoms with Crippen LogP contribution >= 0.6 is 11.8 Å². The summed E-state index contributed by atoms with van der Waals surface area (Å²) in [6.07, 6.45) is 0. The summed E-state index contributed by atoms with van der Waals surface area (Å²) in [5.74, 6) is 2.73. The third-order valence-electron chi connectivity index (χ3n) is 3.60. The van der Waals surface area contributed by atoms with Crippen LogP contribution in [0.4, 0.5) is 0 Å². The van der Waals surface area contributed by atoms with Gasteiger partial charge in [0, 0.05) is 18.8 Å². The Bertz CT molecular complexity index is 490. The fourth-order valence-electron chi connectivity index (χ4n) is 2.30. The lowest BCUT2D eigenvalue weighted by molar-refractivity contribution is 0.298. The number of rotatable bonds is 5. The molecule has 0 saturated carbocycles. The first-order chi connectivity index (χ1) is 10.1. The number of ether oxygens (including phenoxy) is 1. The summed E-state index contributed by atoms with van der Waals surface area (Å²) in [5.41, 5.74) is 1.25. The number of amidine groups is 1. The van der Waals surface area contributed by atoms with Gasteiger partial charge in [0.2, 0.25) is 0 Å². The summed E-state index contributed by atoms with van der Waals surface area (Å²) in [4.78, 5) is 6.82. The molecule has 0 aliphatic carbocycles. The van der Waals surface area contributed by atoms with Crippen molar-refractivity contribution in [3.05, 3.63) is 29.8 Å². The molecular weight excluding hydrogens is 282 g/mol. The van der Waals surface area contributed by atoms with Crippen molar-refractivity contribution in [1.82, 2.24) is 10.2 Å². The lowest BCUT2D eigenvalue weighted by atomic mass is 10.1. The van der Waals surface area contributed by atoms with Crippen LogP contribution in [0.1, 0.15) is 18.5 Å². The maximum absolute atomic E-state index is 5.32. The minimum Gasteiger partial charge on any atom is -0.497 e. The molecule has 1 aliphatic heterocycles. The van der Waals surface area contributed by atoms with Gasteiger partial charge in [0.05, 0.1) is 13.2 Å². The average Bonchev–Trinajstić information content (AvgIpc) is 2.49. The van der Waals surface area contributed by atoms with Gasteiger partial charge in [-0.2, -0.15) is 0 Å². The van der Waals surface area contributed by atoms with Gasteiger partial charge in [0.25, 0.3) is 0 Å². The van der Waals surface area contributed by atoms with Crippen molar-refractivity contribution in [3.8, 4) is 5.75 Å². The minimum atomic E-state index is 0.294. The Morgan fingerprint density at radius 1 is 1.48 bits per heavy atom. The number of likely N-dealkylation sites (N-methyl/N-ethyl adjacent to an activating group) is 1. The first kappa shape index (κ1) is 16.2. The molecule has 1 N–H and O–H groups in total. The highest BCUT2D eigenvalue weighted by atomic mass is 32.2. The Morgan fingerprint density at radius 3 is 2.90 bits per heavy atom. The second-order valence-corrected chi connectivity index (χ2v) is 6.71. The van der Waals surface area contributed by atoms with Gasteiger partial charge in [-0.1, -0.05) is 30.8 Å². The first-order valence-corrected chi connectivity index (χ1v) is 8.30. The molecule has 0 fully saturated rings. The molecule has 4 nitrogen and oxygen atoms in total. The summed E-state index contributed by atoms with van der Waals surface area (Å²) < 4.78 is 5.32. The molecule has 116 valence electrons. The van der Waals surface area contributed by atoms with Gasteiger partial charge in [-0.15, -0.1) is 0 Å². The molecule has 0 saturated heterocycles. The minimum absolute atomic E-state index is 0.294. The fourth-order valence-corrected chi connectivity index (χ4v) is 3.20. The molecule has 5 heteroatoms. The lowest BCUT2D eigenvalue weighted by Gasteiger charge is -2.27. The summed E-state index contributed by atoms with van der Waals surface area (Å²) in [6, 6.07) is 8.56. The van der Waals surface area contributed by atoms with Gasteiger partial charge in [0.15, 0.2) is 5.17 Å². The molecule has 1 aromatic rings. The number of aliphatic imine (C=N–C) groups is 1. The SMILES string of the molecule is COc1cccc(C(CNC2=NCC(C)CS2)N(C)C)c1. The van der Waals surface area contributed by atoms with Crippen molar-refractivity contribution < 1.29 is 4.74 Å². The van der Waals surface area contributed by atoms with E-state index >= 15 is 0 Å². The van der Waals surface area contributed by atoms with Crippen molar-refractivity contribution in [2.24, 2.45) is 10.9 Å². The van der Waals surface area contributed by atoms with E-state index < -0.39 is 0 Å². The highest BCUT2D eigenvalue weighted by Gasteiger charge is 2.17. The van der Waals surface area contributed by atoms with Crippen LogP contribution in [0.2, 0.25) is 0 Å². The first-order valence-electron chi connectivity index (χ1n) is 7.31. The Hall–Kier alpha value is -1.20.